The minimum absolute atomic E-state index is 0.0234. The summed E-state index contributed by atoms with van der Waals surface area (Å²) in [6.45, 7) is 4.39. The van der Waals surface area contributed by atoms with E-state index in [1.54, 1.807) is 0 Å². The lowest BCUT2D eigenvalue weighted by Gasteiger charge is -2.31. The van der Waals surface area contributed by atoms with Crippen molar-refractivity contribution in [1.82, 2.24) is 15.5 Å². The van der Waals surface area contributed by atoms with Gasteiger partial charge in [-0.1, -0.05) is 68.4 Å². The van der Waals surface area contributed by atoms with Crippen LogP contribution in [0.25, 0.3) is 0 Å². The number of hydrogen-bond donors (Lipinski definition) is 2. The number of hydrogen-bond acceptors (Lipinski definition) is 3. The molecule has 0 aromatic heterocycles. The third kappa shape index (κ3) is 5.29. The summed E-state index contributed by atoms with van der Waals surface area (Å²) in [5, 5.41) is 5.78. The second kappa shape index (κ2) is 10.4. The fraction of sp³-hybridized carbons (Fsp3) is 0.444. The summed E-state index contributed by atoms with van der Waals surface area (Å²) < 4.78 is 14.4. The van der Waals surface area contributed by atoms with Crippen molar-refractivity contribution < 1.29 is 18.8 Å². The van der Waals surface area contributed by atoms with Crippen LogP contribution in [0.3, 0.4) is 0 Å². The van der Waals surface area contributed by atoms with Gasteiger partial charge in [0.2, 0.25) is 17.7 Å². The molecule has 2 heterocycles. The standard InChI is InChI=1S/C27H32FN3O3/c1-17(2)18-8-10-20(11-9-18)25(19-6-4-3-5-7-19)30-26(33)23-14-22(28)16-31(23)27(34)21-12-13-24(32)29-15-21/h3-11,17,21-23,25H,12-16H2,1-2H3,(H,29,32)(H,30,33)/t21?,22-,23+,25+/m1/s1. The SMILES string of the molecule is CC(C)c1ccc([C@@H](NC(=O)[C@@H]2C[C@@H](F)CN2C(=O)C2CCC(=O)NC2)c2ccccc2)cc1. The van der Waals surface area contributed by atoms with Crippen molar-refractivity contribution in [2.45, 2.75) is 57.3 Å². The van der Waals surface area contributed by atoms with Crippen LogP contribution < -0.4 is 10.6 Å². The maximum Gasteiger partial charge on any atom is 0.243 e. The molecule has 7 heteroatoms. The Balaban J connectivity index is 1.55. The predicted octanol–water partition coefficient (Wildman–Crippen LogP) is 3.48. The van der Waals surface area contributed by atoms with Crippen LogP contribution in [0.1, 0.15) is 61.8 Å². The van der Waals surface area contributed by atoms with Gasteiger partial charge >= 0.3 is 0 Å². The maximum atomic E-state index is 14.4. The van der Waals surface area contributed by atoms with E-state index in [9.17, 15) is 18.8 Å². The Hall–Kier alpha value is -3.22. The smallest absolute Gasteiger partial charge is 0.243 e. The van der Waals surface area contributed by atoms with E-state index in [1.165, 1.54) is 10.5 Å². The van der Waals surface area contributed by atoms with Gasteiger partial charge in [0.15, 0.2) is 0 Å². The average molecular weight is 466 g/mol. The number of nitrogens with zero attached hydrogens (tertiary/aromatic N) is 1. The second-order valence-corrected chi connectivity index (χ2v) is 9.55. The van der Waals surface area contributed by atoms with Gasteiger partial charge in [0.1, 0.15) is 12.2 Å². The van der Waals surface area contributed by atoms with Crippen LogP contribution in [0.5, 0.6) is 0 Å². The summed E-state index contributed by atoms with van der Waals surface area (Å²) in [5.41, 5.74) is 3.04. The van der Waals surface area contributed by atoms with E-state index in [-0.39, 0.29) is 43.7 Å². The number of piperidine rings is 1. The van der Waals surface area contributed by atoms with Gasteiger partial charge in [-0.3, -0.25) is 14.4 Å². The fourth-order valence-electron chi connectivity index (χ4n) is 4.77. The quantitative estimate of drug-likeness (QED) is 0.686. The van der Waals surface area contributed by atoms with E-state index < -0.39 is 24.2 Å². The molecule has 6 nitrogen and oxygen atoms in total. The molecule has 2 fully saturated rings. The second-order valence-electron chi connectivity index (χ2n) is 9.55. The zero-order valence-electron chi connectivity index (χ0n) is 19.7. The zero-order valence-corrected chi connectivity index (χ0v) is 19.7. The Morgan fingerprint density at radius 2 is 1.68 bits per heavy atom. The van der Waals surface area contributed by atoms with Crippen LogP contribution >= 0.6 is 0 Å². The summed E-state index contributed by atoms with van der Waals surface area (Å²) in [6.07, 6.45) is -0.590. The van der Waals surface area contributed by atoms with Crippen molar-refractivity contribution in [3.8, 4) is 0 Å². The number of nitrogens with one attached hydrogen (secondary N) is 2. The van der Waals surface area contributed by atoms with Gasteiger partial charge in [-0.15, -0.1) is 0 Å². The third-order valence-electron chi connectivity index (χ3n) is 6.81. The zero-order chi connectivity index (χ0) is 24.2. The lowest BCUT2D eigenvalue weighted by Crippen LogP contribution is -2.51. The molecule has 34 heavy (non-hydrogen) atoms. The maximum absolute atomic E-state index is 14.4. The van der Waals surface area contributed by atoms with Crippen molar-refractivity contribution >= 4 is 17.7 Å². The largest absolute Gasteiger partial charge is 0.355 e. The van der Waals surface area contributed by atoms with Crippen molar-refractivity contribution in [3.63, 3.8) is 0 Å². The molecule has 4 atom stereocenters. The Bertz CT molecular complexity index is 1020. The van der Waals surface area contributed by atoms with E-state index in [4.69, 9.17) is 0 Å². The van der Waals surface area contributed by atoms with Gasteiger partial charge < -0.3 is 15.5 Å². The van der Waals surface area contributed by atoms with Gasteiger partial charge in [0, 0.05) is 19.4 Å². The van der Waals surface area contributed by atoms with Gasteiger partial charge in [-0.25, -0.2) is 4.39 Å². The van der Waals surface area contributed by atoms with Crippen molar-refractivity contribution in [2.75, 3.05) is 13.1 Å². The first kappa shape index (κ1) is 23.9. The number of carbonyl (C=O) groups excluding carboxylic acids is 3. The lowest BCUT2D eigenvalue weighted by molar-refractivity contribution is -0.143. The number of amides is 3. The van der Waals surface area contributed by atoms with Gasteiger partial charge in [-0.2, -0.15) is 0 Å². The molecule has 4 rings (SSSR count). The number of benzene rings is 2. The van der Waals surface area contributed by atoms with Crippen molar-refractivity contribution in [2.24, 2.45) is 5.92 Å². The number of carbonyl (C=O) groups is 3. The Labute approximate surface area is 199 Å². The molecule has 0 bridgehead atoms. The Morgan fingerprint density at radius 3 is 2.29 bits per heavy atom. The normalized spacial score (nSPS) is 23.5. The summed E-state index contributed by atoms with van der Waals surface area (Å²) in [4.78, 5) is 39.4. The van der Waals surface area contributed by atoms with E-state index in [0.717, 1.165) is 11.1 Å². The molecule has 0 radical (unpaired) electrons. The number of halogens is 1. The van der Waals surface area contributed by atoms with Crippen LogP contribution in [0, 0.1) is 5.92 Å². The molecule has 2 aliphatic rings. The molecule has 0 aliphatic carbocycles. The fourth-order valence-corrected chi connectivity index (χ4v) is 4.77. The van der Waals surface area contributed by atoms with E-state index in [0.29, 0.717) is 12.3 Å². The van der Waals surface area contributed by atoms with Crippen LogP contribution in [0.4, 0.5) is 4.39 Å². The first-order valence-electron chi connectivity index (χ1n) is 12.0. The number of likely N-dealkylation sites (tertiary alicyclic amines) is 1. The summed E-state index contributed by atoms with van der Waals surface area (Å²) in [7, 11) is 0. The highest BCUT2D eigenvalue weighted by Crippen LogP contribution is 2.28. The first-order chi connectivity index (χ1) is 16.3. The molecule has 1 unspecified atom stereocenters. The molecule has 0 spiro atoms. The van der Waals surface area contributed by atoms with Crippen molar-refractivity contribution in [1.29, 1.82) is 0 Å². The molecule has 3 amide bonds. The van der Waals surface area contributed by atoms with Gasteiger partial charge in [-0.05, 0) is 29.0 Å². The average Bonchev–Trinajstić information content (AvgIpc) is 3.25. The molecule has 2 aromatic rings. The summed E-state index contributed by atoms with van der Waals surface area (Å²) >= 11 is 0. The molecule has 180 valence electrons. The van der Waals surface area contributed by atoms with E-state index in [2.05, 4.69) is 36.6 Å². The molecular weight excluding hydrogens is 433 g/mol. The monoisotopic (exact) mass is 465 g/mol. The summed E-state index contributed by atoms with van der Waals surface area (Å²) in [6, 6.07) is 16.5. The van der Waals surface area contributed by atoms with E-state index >= 15 is 0 Å². The Kier molecular flexibility index (Phi) is 7.29. The van der Waals surface area contributed by atoms with Crippen molar-refractivity contribution in [3.05, 3.63) is 71.3 Å². The van der Waals surface area contributed by atoms with Gasteiger partial charge in [0.05, 0.1) is 18.5 Å². The minimum atomic E-state index is -1.25. The van der Waals surface area contributed by atoms with Crippen LogP contribution in [0.2, 0.25) is 0 Å². The van der Waals surface area contributed by atoms with E-state index in [1.807, 2.05) is 42.5 Å². The molecular formula is C27H32FN3O3. The highest BCUT2D eigenvalue weighted by atomic mass is 19.1. The number of alkyl halides is 1. The lowest BCUT2D eigenvalue weighted by atomic mass is 9.94. The minimum Gasteiger partial charge on any atom is -0.355 e. The molecule has 2 saturated heterocycles. The van der Waals surface area contributed by atoms with Crippen LogP contribution in [-0.2, 0) is 14.4 Å². The molecule has 2 N–H and O–H groups in total. The Morgan fingerprint density at radius 1 is 1.03 bits per heavy atom. The molecule has 2 aromatic carbocycles. The number of rotatable bonds is 6. The third-order valence-corrected chi connectivity index (χ3v) is 6.81. The predicted molar refractivity (Wildman–Crippen MR) is 128 cm³/mol. The van der Waals surface area contributed by atoms with Crippen LogP contribution in [0.15, 0.2) is 54.6 Å². The molecule has 2 aliphatic heterocycles. The topological polar surface area (TPSA) is 78.5 Å². The molecule has 0 saturated carbocycles. The van der Waals surface area contributed by atoms with Gasteiger partial charge in [0.25, 0.3) is 0 Å². The first-order valence-corrected chi connectivity index (χ1v) is 12.0. The highest BCUT2D eigenvalue weighted by molar-refractivity contribution is 5.90. The highest BCUT2D eigenvalue weighted by Gasteiger charge is 2.43. The summed E-state index contributed by atoms with van der Waals surface area (Å²) in [5.74, 6) is -0.750. The van der Waals surface area contributed by atoms with Crippen LogP contribution in [-0.4, -0.2) is 47.9 Å².